The topological polar surface area (TPSA) is 44.1 Å². The molecule has 0 bridgehead atoms. The van der Waals surface area contributed by atoms with Gasteiger partial charge in [-0.15, -0.1) is 0 Å². The van der Waals surface area contributed by atoms with Crippen molar-refractivity contribution in [1.29, 1.82) is 5.26 Å². The van der Waals surface area contributed by atoms with Gasteiger partial charge in [0.25, 0.3) is 0 Å². The second kappa shape index (κ2) is 5.22. The summed E-state index contributed by atoms with van der Waals surface area (Å²) < 4.78 is 0. The molecule has 1 fully saturated rings. The Kier molecular flexibility index (Phi) is 3.66. The molecule has 0 heterocycles. The molecule has 0 unspecified atom stereocenters. The third-order valence-corrected chi connectivity index (χ3v) is 3.65. The lowest BCUT2D eigenvalue weighted by Crippen LogP contribution is -2.39. The third-order valence-electron chi connectivity index (χ3n) is 3.65. The number of carbonyl (C=O) groups excluding carboxylic acids is 1. The highest BCUT2D eigenvalue weighted by atomic mass is 16.2. The maximum absolute atomic E-state index is 12.6. The summed E-state index contributed by atoms with van der Waals surface area (Å²) in [6.45, 7) is 3.19. The summed E-state index contributed by atoms with van der Waals surface area (Å²) in [6, 6.07) is 12.1. The Labute approximate surface area is 108 Å². The fourth-order valence-corrected chi connectivity index (χ4v) is 2.40. The van der Waals surface area contributed by atoms with Gasteiger partial charge in [0.1, 0.15) is 0 Å². The summed E-state index contributed by atoms with van der Waals surface area (Å²) in [4.78, 5) is 14.4. The first kappa shape index (κ1) is 12.6. The molecular formula is C15H18N2O. The molecule has 1 aliphatic rings. The van der Waals surface area contributed by atoms with Crippen molar-refractivity contribution in [3.63, 3.8) is 0 Å². The summed E-state index contributed by atoms with van der Waals surface area (Å²) in [7, 11) is 0. The number of benzene rings is 1. The second-order valence-electron chi connectivity index (χ2n) is 4.74. The normalized spacial score (nSPS) is 15.8. The molecule has 0 radical (unpaired) electrons. The predicted octanol–water partition coefficient (Wildman–Crippen LogP) is 2.48. The minimum absolute atomic E-state index is 0.187. The molecule has 1 amide bonds. The van der Waals surface area contributed by atoms with Crippen molar-refractivity contribution < 1.29 is 4.79 Å². The van der Waals surface area contributed by atoms with Crippen molar-refractivity contribution in [2.75, 3.05) is 13.1 Å². The van der Waals surface area contributed by atoms with E-state index in [0.29, 0.717) is 19.5 Å². The molecule has 0 aromatic heterocycles. The van der Waals surface area contributed by atoms with Crippen LogP contribution in [0.25, 0.3) is 0 Å². The zero-order valence-corrected chi connectivity index (χ0v) is 10.7. The van der Waals surface area contributed by atoms with Gasteiger partial charge in [-0.1, -0.05) is 30.3 Å². The van der Waals surface area contributed by atoms with E-state index in [0.717, 1.165) is 18.4 Å². The van der Waals surface area contributed by atoms with E-state index >= 15 is 0 Å². The van der Waals surface area contributed by atoms with Crippen LogP contribution in [0, 0.1) is 11.3 Å². The van der Waals surface area contributed by atoms with Gasteiger partial charge in [-0.3, -0.25) is 4.79 Å². The largest absolute Gasteiger partial charge is 0.341 e. The number of hydrogen-bond donors (Lipinski definition) is 0. The zero-order chi connectivity index (χ0) is 13.0. The molecule has 0 spiro atoms. The summed E-state index contributed by atoms with van der Waals surface area (Å²) in [5.74, 6) is 0.187. The van der Waals surface area contributed by atoms with Crippen LogP contribution in [0.1, 0.15) is 31.7 Å². The molecule has 2 rings (SSSR count). The second-order valence-corrected chi connectivity index (χ2v) is 4.74. The molecule has 1 aliphatic carbocycles. The number of likely N-dealkylation sites (N-methyl/N-ethyl adjacent to an activating group) is 1. The standard InChI is InChI=1S/C15H18N2O/c1-2-17(12-6-11-16)14(18)15(9-10-15)13-7-4-3-5-8-13/h3-5,7-8H,2,6,9-10,12H2,1H3. The third kappa shape index (κ3) is 2.24. The Hall–Kier alpha value is -1.82. The molecule has 1 aromatic rings. The molecule has 3 heteroatoms. The van der Waals surface area contributed by atoms with Crippen molar-refractivity contribution in [1.82, 2.24) is 4.90 Å². The van der Waals surface area contributed by atoms with Crippen molar-refractivity contribution >= 4 is 5.91 Å². The van der Waals surface area contributed by atoms with Crippen molar-refractivity contribution in [3.8, 4) is 6.07 Å². The molecule has 0 N–H and O–H groups in total. The Morgan fingerprint density at radius 2 is 2.06 bits per heavy atom. The number of hydrogen-bond acceptors (Lipinski definition) is 2. The van der Waals surface area contributed by atoms with E-state index in [9.17, 15) is 4.79 Å². The van der Waals surface area contributed by atoms with E-state index in [1.807, 2.05) is 42.2 Å². The zero-order valence-electron chi connectivity index (χ0n) is 10.7. The van der Waals surface area contributed by atoms with Gasteiger partial charge in [0, 0.05) is 13.1 Å². The smallest absolute Gasteiger partial charge is 0.233 e. The average molecular weight is 242 g/mol. The first-order valence-corrected chi connectivity index (χ1v) is 6.46. The van der Waals surface area contributed by atoms with Crippen LogP contribution >= 0.6 is 0 Å². The maximum Gasteiger partial charge on any atom is 0.233 e. The average Bonchev–Trinajstić information content (AvgIpc) is 3.22. The van der Waals surface area contributed by atoms with E-state index < -0.39 is 0 Å². The summed E-state index contributed by atoms with van der Waals surface area (Å²) in [5.41, 5.74) is 0.817. The van der Waals surface area contributed by atoms with Gasteiger partial charge < -0.3 is 4.90 Å². The van der Waals surface area contributed by atoms with Crippen LogP contribution in [0.4, 0.5) is 0 Å². The van der Waals surface area contributed by atoms with Crippen LogP contribution in [0.3, 0.4) is 0 Å². The van der Waals surface area contributed by atoms with Crippen LogP contribution in [0.5, 0.6) is 0 Å². The van der Waals surface area contributed by atoms with Crippen molar-refractivity contribution in [3.05, 3.63) is 35.9 Å². The highest BCUT2D eigenvalue weighted by Crippen LogP contribution is 2.49. The lowest BCUT2D eigenvalue weighted by atomic mass is 9.94. The highest BCUT2D eigenvalue weighted by molar-refractivity contribution is 5.91. The minimum atomic E-state index is -0.299. The summed E-state index contributed by atoms with van der Waals surface area (Å²) in [6.07, 6.45) is 2.27. The Morgan fingerprint density at radius 1 is 1.39 bits per heavy atom. The Bertz CT molecular complexity index is 457. The van der Waals surface area contributed by atoms with E-state index in [1.165, 1.54) is 0 Å². The molecule has 0 aliphatic heterocycles. The Balaban J connectivity index is 2.15. The van der Waals surface area contributed by atoms with Gasteiger partial charge >= 0.3 is 0 Å². The van der Waals surface area contributed by atoms with Crippen LogP contribution in [0.15, 0.2) is 30.3 Å². The first-order valence-electron chi connectivity index (χ1n) is 6.46. The molecule has 1 saturated carbocycles. The van der Waals surface area contributed by atoms with Gasteiger partial charge in [-0.25, -0.2) is 0 Å². The van der Waals surface area contributed by atoms with Crippen LogP contribution in [-0.2, 0) is 10.2 Å². The van der Waals surface area contributed by atoms with Crippen molar-refractivity contribution in [2.24, 2.45) is 0 Å². The van der Waals surface area contributed by atoms with Gasteiger partial charge in [0.2, 0.25) is 5.91 Å². The van der Waals surface area contributed by atoms with E-state index in [-0.39, 0.29) is 11.3 Å². The predicted molar refractivity (Wildman–Crippen MR) is 69.8 cm³/mol. The number of rotatable bonds is 5. The number of carbonyl (C=O) groups is 1. The molecule has 0 atom stereocenters. The minimum Gasteiger partial charge on any atom is -0.341 e. The fraction of sp³-hybridized carbons (Fsp3) is 0.467. The maximum atomic E-state index is 12.6. The van der Waals surface area contributed by atoms with Crippen LogP contribution in [0.2, 0.25) is 0 Å². The molecule has 0 saturated heterocycles. The molecule has 1 aromatic carbocycles. The molecule has 3 nitrogen and oxygen atoms in total. The van der Waals surface area contributed by atoms with Gasteiger partial charge in [-0.2, -0.15) is 5.26 Å². The quantitative estimate of drug-likeness (QED) is 0.796. The van der Waals surface area contributed by atoms with Gasteiger partial charge in [0.15, 0.2) is 0 Å². The summed E-state index contributed by atoms with van der Waals surface area (Å²) in [5, 5.41) is 8.64. The van der Waals surface area contributed by atoms with E-state index in [2.05, 4.69) is 6.07 Å². The van der Waals surface area contributed by atoms with Gasteiger partial charge in [-0.05, 0) is 25.3 Å². The lowest BCUT2D eigenvalue weighted by molar-refractivity contribution is -0.133. The van der Waals surface area contributed by atoms with Crippen molar-refractivity contribution in [2.45, 2.75) is 31.6 Å². The van der Waals surface area contributed by atoms with Gasteiger partial charge in [0.05, 0.1) is 17.9 Å². The molecule has 94 valence electrons. The number of amides is 1. The van der Waals surface area contributed by atoms with E-state index in [1.54, 1.807) is 0 Å². The van der Waals surface area contributed by atoms with Crippen LogP contribution in [-0.4, -0.2) is 23.9 Å². The van der Waals surface area contributed by atoms with E-state index in [4.69, 9.17) is 5.26 Å². The number of nitrogens with zero attached hydrogens (tertiary/aromatic N) is 2. The SMILES string of the molecule is CCN(CCC#N)C(=O)C1(c2ccccc2)CC1. The lowest BCUT2D eigenvalue weighted by Gasteiger charge is -2.25. The highest BCUT2D eigenvalue weighted by Gasteiger charge is 2.52. The van der Waals surface area contributed by atoms with Crippen LogP contribution < -0.4 is 0 Å². The fourth-order valence-electron chi connectivity index (χ4n) is 2.40. The Morgan fingerprint density at radius 3 is 2.56 bits per heavy atom. The monoisotopic (exact) mass is 242 g/mol. The first-order chi connectivity index (χ1) is 8.74. The summed E-state index contributed by atoms with van der Waals surface area (Å²) >= 11 is 0. The molecule has 18 heavy (non-hydrogen) atoms. The number of nitriles is 1. The molecular weight excluding hydrogens is 224 g/mol.